The van der Waals surface area contributed by atoms with Crippen LogP contribution in [-0.4, -0.2) is 12.6 Å². The Bertz CT molecular complexity index is 496. The Labute approximate surface area is 86.7 Å². The number of alkyl halides is 1. The number of carbonyl (C=O) groups is 1. The molecule has 0 bridgehead atoms. The molecule has 2 aromatic rings. The van der Waals surface area contributed by atoms with E-state index in [1.807, 2.05) is 36.4 Å². The van der Waals surface area contributed by atoms with Gasteiger partial charge in [-0.05, 0) is 22.9 Å². The number of fused-ring (bicyclic) bond motifs is 1. The van der Waals surface area contributed by atoms with Crippen molar-refractivity contribution < 1.29 is 9.18 Å². The minimum absolute atomic E-state index is 0.620. The van der Waals surface area contributed by atoms with Gasteiger partial charge < -0.3 is 5.32 Å². The number of anilines is 1. The molecule has 0 saturated carbocycles. The second-order valence-electron chi connectivity index (χ2n) is 3.24. The molecule has 0 aromatic heterocycles. The van der Waals surface area contributed by atoms with E-state index in [4.69, 9.17) is 0 Å². The maximum absolute atomic E-state index is 12.0. The minimum atomic E-state index is -0.993. The third kappa shape index (κ3) is 2.13. The maximum atomic E-state index is 12.0. The third-order valence-electron chi connectivity index (χ3n) is 2.15. The average molecular weight is 203 g/mol. The number of hydrogen-bond donors (Lipinski definition) is 1. The lowest BCUT2D eigenvalue weighted by atomic mass is 10.1. The van der Waals surface area contributed by atoms with Gasteiger partial charge in [0.2, 0.25) is 0 Å². The summed E-state index contributed by atoms with van der Waals surface area (Å²) in [7, 11) is 0. The summed E-state index contributed by atoms with van der Waals surface area (Å²) in [6, 6.07) is 13.3. The molecule has 76 valence electrons. The van der Waals surface area contributed by atoms with Crippen molar-refractivity contribution in [3.8, 4) is 0 Å². The Hall–Kier alpha value is -1.90. The molecule has 2 rings (SSSR count). The lowest BCUT2D eigenvalue weighted by Crippen LogP contribution is -2.12. The molecule has 0 heterocycles. The van der Waals surface area contributed by atoms with Crippen LogP contribution in [0.3, 0.4) is 0 Å². The fourth-order valence-corrected chi connectivity index (χ4v) is 1.46. The molecule has 2 nitrogen and oxygen atoms in total. The molecule has 0 radical (unpaired) electrons. The maximum Gasteiger partial charge on any atom is 0.255 e. The summed E-state index contributed by atoms with van der Waals surface area (Å²) in [6.45, 7) is -0.993. The first-order valence-corrected chi connectivity index (χ1v) is 4.64. The number of carbonyl (C=O) groups excluding carboxylic acids is 1. The van der Waals surface area contributed by atoms with E-state index >= 15 is 0 Å². The highest BCUT2D eigenvalue weighted by molar-refractivity contribution is 5.94. The number of halogens is 1. The number of benzene rings is 2. The Kier molecular flexibility index (Phi) is 2.63. The Morgan fingerprint density at radius 1 is 1.13 bits per heavy atom. The van der Waals surface area contributed by atoms with Crippen LogP contribution in [-0.2, 0) is 4.79 Å². The van der Waals surface area contributed by atoms with Crippen molar-refractivity contribution in [3.05, 3.63) is 42.5 Å². The minimum Gasteiger partial charge on any atom is -0.324 e. The van der Waals surface area contributed by atoms with Crippen LogP contribution in [0.5, 0.6) is 0 Å². The van der Waals surface area contributed by atoms with Crippen molar-refractivity contribution in [1.29, 1.82) is 0 Å². The van der Waals surface area contributed by atoms with Crippen LogP contribution in [0, 0.1) is 0 Å². The summed E-state index contributed by atoms with van der Waals surface area (Å²) in [5.74, 6) is -0.620. The van der Waals surface area contributed by atoms with Crippen LogP contribution in [0.15, 0.2) is 42.5 Å². The molecule has 0 fully saturated rings. The molecule has 0 saturated heterocycles. The van der Waals surface area contributed by atoms with E-state index in [1.54, 1.807) is 6.07 Å². The van der Waals surface area contributed by atoms with E-state index in [1.165, 1.54) is 0 Å². The van der Waals surface area contributed by atoms with E-state index in [-0.39, 0.29) is 0 Å². The molecular weight excluding hydrogens is 193 g/mol. The average Bonchev–Trinajstić information content (AvgIpc) is 2.29. The largest absolute Gasteiger partial charge is 0.324 e. The molecule has 1 amide bonds. The van der Waals surface area contributed by atoms with Crippen LogP contribution < -0.4 is 5.32 Å². The molecule has 0 aliphatic carbocycles. The lowest BCUT2D eigenvalue weighted by Gasteiger charge is -2.04. The summed E-state index contributed by atoms with van der Waals surface area (Å²) in [5, 5.41) is 4.59. The predicted octanol–water partition coefficient (Wildman–Crippen LogP) is 2.75. The monoisotopic (exact) mass is 203 g/mol. The standard InChI is InChI=1S/C12H10FNO/c13-8-12(15)14-11-6-5-9-3-1-2-4-10(9)7-11/h1-7H,8H2,(H,14,15). The second kappa shape index (κ2) is 4.09. The molecule has 2 aromatic carbocycles. The Morgan fingerprint density at radius 3 is 2.60 bits per heavy atom. The van der Waals surface area contributed by atoms with Gasteiger partial charge in [0.1, 0.15) is 0 Å². The molecule has 15 heavy (non-hydrogen) atoms. The SMILES string of the molecule is O=C(CF)Nc1ccc2ccccc2c1. The first-order valence-electron chi connectivity index (χ1n) is 4.64. The zero-order chi connectivity index (χ0) is 10.7. The Morgan fingerprint density at radius 2 is 1.87 bits per heavy atom. The fraction of sp³-hybridized carbons (Fsp3) is 0.0833. The van der Waals surface area contributed by atoms with Gasteiger partial charge in [-0.15, -0.1) is 0 Å². The fourth-order valence-electron chi connectivity index (χ4n) is 1.46. The summed E-state index contributed by atoms with van der Waals surface area (Å²) >= 11 is 0. The number of nitrogens with one attached hydrogen (secondary N) is 1. The van der Waals surface area contributed by atoms with Crippen LogP contribution in [0.1, 0.15) is 0 Å². The summed E-state index contributed by atoms with van der Waals surface area (Å²) in [4.78, 5) is 10.8. The zero-order valence-corrected chi connectivity index (χ0v) is 8.03. The van der Waals surface area contributed by atoms with Crippen molar-refractivity contribution in [1.82, 2.24) is 0 Å². The van der Waals surface area contributed by atoms with Crippen molar-refractivity contribution >= 4 is 22.4 Å². The summed E-state index contributed by atoms with van der Waals surface area (Å²) in [5.41, 5.74) is 0.622. The molecular formula is C12H10FNO. The molecule has 0 unspecified atom stereocenters. The Balaban J connectivity index is 2.34. The smallest absolute Gasteiger partial charge is 0.255 e. The topological polar surface area (TPSA) is 29.1 Å². The van der Waals surface area contributed by atoms with E-state index in [9.17, 15) is 9.18 Å². The predicted molar refractivity (Wildman–Crippen MR) is 58.6 cm³/mol. The summed E-state index contributed by atoms with van der Waals surface area (Å²) < 4.78 is 12.0. The van der Waals surface area contributed by atoms with Gasteiger partial charge in [-0.3, -0.25) is 4.79 Å². The molecule has 0 aliphatic rings. The first-order chi connectivity index (χ1) is 7.29. The first kappa shape index (κ1) is 9.65. The second-order valence-corrected chi connectivity index (χ2v) is 3.24. The molecule has 1 N–H and O–H groups in total. The van der Waals surface area contributed by atoms with Gasteiger partial charge in [-0.2, -0.15) is 0 Å². The van der Waals surface area contributed by atoms with Gasteiger partial charge in [0.15, 0.2) is 6.67 Å². The van der Waals surface area contributed by atoms with Crippen LogP contribution in [0.4, 0.5) is 10.1 Å². The van der Waals surface area contributed by atoms with Crippen molar-refractivity contribution in [2.45, 2.75) is 0 Å². The van der Waals surface area contributed by atoms with Crippen LogP contribution >= 0.6 is 0 Å². The number of amides is 1. The quantitative estimate of drug-likeness (QED) is 0.798. The highest BCUT2D eigenvalue weighted by Crippen LogP contribution is 2.18. The van der Waals surface area contributed by atoms with E-state index < -0.39 is 12.6 Å². The highest BCUT2D eigenvalue weighted by atomic mass is 19.1. The lowest BCUT2D eigenvalue weighted by molar-refractivity contribution is -0.117. The van der Waals surface area contributed by atoms with E-state index in [0.717, 1.165) is 10.8 Å². The zero-order valence-electron chi connectivity index (χ0n) is 8.03. The normalized spacial score (nSPS) is 10.2. The van der Waals surface area contributed by atoms with Crippen molar-refractivity contribution in [2.24, 2.45) is 0 Å². The van der Waals surface area contributed by atoms with Gasteiger partial charge in [-0.1, -0.05) is 30.3 Å². The third-order valence-corrected chi connectivity index (χ3v) is 2.15. The molecule has 0 atom stereocenters. The van der Waals surface area contributed by atoms with Crippen molar-refractivity contribution in [2.75, 3.05) is 12.0 Å². The van der Waals surface area contributed by atoms with Gasteiger partial charge in [0.05, 0.1) is 0 Å². The van der Waals surface area contributed by atoms with Crippen molar-refractivity contribution in [3.63, 3.8) is 0 Å². The van der Waals surface area contributed by atoms with Gasteiger partial charge >= 0.3 is 0 Å². The molecule has 0 spiro atoms. The molecule has 0 aliphatic heterocycles. The molecule has 3 heteroatoms. The van der Waals surface area contributed by atoms with E-state index in [2.05, 4.69) is 5.32 Å². The number of hydrogen-bond acceptors (Lipinski definition) is 1. The van der Waals surface area contributed by atoms with Gasteiger partial charge in [-0.25, -0.2) is 4.39 Å². The van der Waals surface area contributed by atoms with Gasteiger partial charge in [0, 0.05) is 5.69 Å². The van der Waals surface area contributed by atoms with Crippen LogP contribution in [0.2, 0.25) is 0 Å². The van der Waals surface area contributed by atoms with Crippen LogP contribution in [0.25, 0.3) is 10.8 Å². The number of rotatable bonds is 2. The highest BCUT2D eigenvalue weighted by Gasteiger charge is 2.01. The van der Waals surface area contributed by atoms with E-state index in [0.29, 0.717) is 5.69 Å². The van der Waals surface area contributed by atoms with Gasteiger partial charge in [0.25, 0.3) is 5.91 Å². The summed E-state index contributed by atoms with van der Waals surface area (Å²) in [6.07, 6.45) is 0.